The fraction of sp³-hybridized carbons (Fsp3) is 0.727. The highest BCUT2D eigenvalue weighted by molar-refractivity contribution is 5.92. The monoisotopic (exact) mass is 421 g/mol. The van der Waals surface area contributed by atoms with E-state index < -0.39 is 0 Å². The second-order valence-corrected chi connectivity index (χ2v) is 7.98. The summed E-state index contributed by atoms with van der Waals surface area (Å²) in [4.78, 5) is 19.2. The second-order valence-electron chi connectivity index (χ2n) is 7.98. The van der Waals surface area contributed by atoms with E-state index >= 15 is 0 Å². The maximum absolute atomic E-state index is 12.0. The highest BCUT2D eigenvalue weighted by Gasteiger charge is 2.19. The molecule has 3 N–H and O–H groups in total. The average Bonchev–Trinajstić information content (AvgIpc) is 3.14. The average molecular weight is 422 g/mol. The van der Waals surface area contributed by atoms with Gasteiger partial charge >= 0.3 is 0 Å². The van der Waals surface area contributed by atoms with Gasteiger partial charge in [-0.1, -0.05) is 0 Å². The van der Waals surface area contributed by atoms with Crippen molar-refractivity contribution in [2.45, 2.75) is 59.1 Å². The number of aliphatic imine (C=N–C) groups is 1. The van der Waals surface area contributed by atoms with Crippen LogP contribution < -0.4 is 16.0 Å². The molecule has 0 aliphatic carbocycles. The van der Waals surface area contributed by atoms with Crippen molar-refractivity contribution in [1.82, 2.24) is 20.9 Å². The number of likely N-dealkylation sites (tertiary alicyclic amines) is 1. The Morgan fingerprint density at radius 1 is 1.33 bits per heavy atom. The third-order valence-corrected chi connectivity index (χ3v) is 5.09. The van der Waals surface area contributed by atoms with Gasteiger partial charge in [-0.2, -0.15) is 0 Å². The van der Waals surface area contributed by atoms with Crippen LogP contribution in [-0.2, 0) is 4.74 Å². The van der Waals surface area contributed by atoms with Crippen LogP contribution in [0.25, 0.3) is 0 Å². The number of aryl methyl sites for hydroxylation is 1. The fourth-order valence-corrected chi connectivity index (χ4v) is 3.39. The maximum Gasteiger partial charge on any atom is 0.287 e. The van der Waals surface area contributed by atoms with E-state index in [-0.39, 0.29) is 5.91 Å². The minimum absolute atomic E-state index is 0.169. The molecule has 0 bridgehead atoms. The third-order valence-electron chi connectivity index (χ3n) is 5.09. The summed E-state index contributed by atoms with van der Waals surface area (Å²) in [6.45, 7) is 14.1. The Hall–Kier alpha value is -2.06. The molecule has 1 aliphatic heterocycles. The van der Waals surface area contributed by atoms with Gasteiger partial charge in [0.1, 0.15) is 0 Å². The molecule has 0 radical (unpaired) electrons. The third kappa shape index (κ3) is 8.75. The first-order chi connectivity index (χ1) is 14.5. The van der Waals surface area contributed by atoms with Gasteiger partial charge in [0.2, 0.25) is 0 Å². The van der Waals surface area contributed by atoms with Crippen LogP contribution in [0.2, 0.25) is 0 Å². The SMILES string of the molecule is CCNC(=NCCCNC(=O)c1occc1C)NC1CCN(CCOC(C)C)CC1. The first-order valence-corrected chi connectivity index (χ1v) is 11.2. The minimum atomic E-state index is -0.169. The van der Waals surface area contributed by atoms with Gasteiger partial charge in [-0.15, -0.1) is 0 Å². The Balaban J connectivity index is 1.65. The number of hydrogen-bond donors (Lipinski definition) is 3. The van der Waals surface area contributed by atoms with Crippen molar-refractivity contribution in [3.8, 4) is 0 Å². The van der Waals surface area contributed by atoms with E-state index in [0.29, 0.717) is 31.0 Å². The number of hydrogen-bond acceptors (Lipinski definition) is 5. The van der Waals surface area contributed by atoms with Crippen molar-refractivity contribution in [3.05, 3.63) is 23.7 Å². The van der Waals surface area contributed by atoms with Crippen LogP contribution in [0.1, 0.15) is 56.2 Å². The molecule has 0 saturated carbocycles. The van der Waals surface area contributed by atoms with Crippen molar-refractivity contribution in [3.63, 3.8) is 0 Å². The van der Waals surface area contributed by atoms with E-state index in [1.165, 1.54) is 6.26 Å². The Morgan fingerprint density at radius 3 is 2.73 bits per heavy atom. The van der Waals surface area contributed by atoms with Crippen molar-refractivity contribution < 1.29 is 13.9 Å². The van der Waals surface area contributed by atoms with E-state index in [0.717, 1.165) is 63.6 Å². The topological polar surface area (TPSA) is 91.1 Å². The molecule has 2 rings (SSSR count). The number of rotatable bonds is 11. The second kappa shape index (κ2) is 13.3. The largest absolute Gasteiger partial charge is 0.459 e. The molecular formula is C22H39N5O3. The summed E-state index contributed by atoms with van der Waals surface area (Å²) >= 11 is 0. The predicted octanol–water partition coefficient (Wildman–Crippen LogP) is 2.15. The van der Waals surface area contributed by atoms with E-state index in [2.05, 4.69) is 46.6 Å². The van der Waals surface area contributed by atoms with Gasteiger partial charge in [0, 0.05) is 50.9 Å². The highest BCUT2D eigenvalue weighted by Crippen LogP contribution is 2.10. The van der Waals surface area contributed by atoms with Crippen molar-refractivity contribution >= 4 is 11.9 Å². The highest BCUT2D eigenvalue weighted by atomic mass is 16.5. The molecule has 30 heavy (non-hydrogen) atoms. The van der Waals surface area contributed by atoms with Gasteiger partial charge < -0.3 is 30.0 Å². The number of nitrogens with zero attached hydrogens (tertiary/aromatic N) is 2. The lowest BCUT2D eigenvalue weighted by atomic mass is 10.1. The minimum Gasteiger partial charge on any atom is -0.459 e. The maximum atomic E-state index is 12.0. The standard InChI is InChI=1S/C22H39N5O3/c1-5-23-22(25-11-6-10-24-21(28)20-18(4)9-15-30-20)26-19-7-12-27(13-8-19)14-16-29-17(2)3/h9,15,17,19H,5-8,10-14,16H2,1-4H3,(H,24,28)(H2,23,25,26). The fourth-order valence-electron chi connectivity index (χ4n) is 3.39. The summed E-state index contributed by atoms with van der Waals surface area (Å²) in [6, 6.07) is 2.23. The first-order valence-electron chi connectivity index (χ1n) is 11.2. The van der Waals surface area contributed by atoms with Gasteiger partial charge in [0.15, 0.2) is 11.7 Å². The molecule has 1 amide bonds. The van der Waals surface area contributed by atoms with Crippen molar-refractivity contribution in [1.29, 1.82) is 0 Å². The first kappa shape index (κ1) is 24.2. The Morgan fingerprint density at radius 2 is 2.10 bits per heavy atom. The zero-order valence-electron chi connectivity index (χ0n) is 19.0. The summed E-state index contributed by atoms with van der Waals surface area (Å²) in [6.07, 6.45) is 4.81. The number of carbonyl (C=O) groups is 1. The normalized spacial score (nSPS) is 16.1. The number of ether oxygens (including phenoxy) is 1. The Labute approximate surface area is 180 Å². The molecule has 1 aliphatic rings. The van der Waals surface area contributed by atoms with Crippen LogP contribution in [0, 0.1) is 6.92 Å². The van der Waals surface area contributed by atoms with E-state index in [1.807, 2.05) is 6.92 Å². The van der Waals surface area contributed by atoms with Gasteiger partial charge in [-0.25, -0.2) is 0 Å². The number of carbonyl (C=O) groups excluding carboxylic acids is 1. The summed E-state index contributed by atoms with van der Waals surface area (Å²) < 4.78 is 10.9. The molecule has 8 nitrogen and oxygen atoms in total. The van der Waals surface area contributed by atoms with Gasteiger partial charge in [0.05, 0.1) is 19.0 Å². The Bertz CT molecular complexity index is 651. The smallest absolute Gasteiger partial charge is 0.287 e. The van der Waals surface area contributed by atoms with E-state index in [9.17, 15) is 4.79 Å². The molecule has 0 atom stereocenters. The predicted molar refractivity (Wildman–Crippen MR) is 120 cm³/mol. The summed E-state index contributed by atoms with van der Waals surface area (Å²) in [7, 11) is 0. The lowest BCUT2D eigenvalue weighted by molar-refractivity contribution is 0.0532. The summed E-state index contributed by atoms with van der Waals surface area (Å²) in [5, 5.41) is 9.76. The number of amides is 1. The molecular weight excluding hydrogens is 382 g/mol. The number of guanidine groups is 1. The molecule has 1 aromatic rings. The molecule has 8 heteroatoms. The Kier molecular flexibility index (Phi) is 10.7. The molecule has 1 aromatic heterocycles. The van der Waals surface area contributed by atoms with Crippen molar-refractivity contribution in [2.75, 3.05) is 45.9 Å². The quantitative estimate of drug-likeness (QED) is 0.288. The van der Waals surface area contributed by atoms with Crippen molar-refractivity contribution in [2.24, 2.45) is 4.99 Å². The molecule has 0 unspecified atom stereocenters. The zero-order chi connectivity index (χ0) is 21.8. The van der Waals surface area contributed by atoms with Crippen LogP contribution in [0.15, 0.2) is 21.7 Å². The number of nitrogens with one attached hydrogen (secondary N) is 3. The molecule has 1 fully saturated rings. The van der Waals surface area contributed by atoms with E-state index in [4.69, 9.17) is 9.15 Å². The molecule has 0 aromatic carbocycles. The van der Waals surface area contributed by atoms with Crippen LogP contribution >= 0.6 is 0 Å². The van der Waals surface area contributed by atoms with Crippen LogP contribution in [0.5, 0.6) is 0 Å². The lowest BCUT2D eigenvalue weighted by Gasteiger charge is -2.33. The zero-order valence-corrected chi connectivity index (χ0v) is 19.0. The lowest BCUT2D eigenvalue weighted by Crippen LogP contribution is -2.49. The molecule has 2 heterocycles. The van der Waals surface area contributed by atoms with Gasteiger partial charge in [-0.3, -0.25) is 9.79 Å². The summed E-state index contributed by atoms with van der Waals surface area (Å²) in [5.41, 5.74) is 0.850. The van der Waals surface area contributed by atoms with E-state index in [1.54, 1.807) is 6.07 Å². The van der Waals surface area contributed by atoms with Gasteiger partial charge in [-0.05, 0) is 53.0 Å². The molecule has 1 saturated heterocycles. The molecule has 0 spiro atoms. The van der Waals surface area contributed by atoms with Crippen LogP contribution in [-0.4, -0.2) is 74.8 Å². The van der Waals surface area contributed by atoms with Crippen LogP contribution in [0.3, 0.4) is 0 Å². The summed E-state index contributed by atoms with van der Waals surface area (Å²) in [5.74, 6) is 1.07. The molecule has 170 valence electrons. The number of piperidine rings is 1. The number of furan rings is 1. The van der Waals surface area contributed by atoms with Crippen LogP contribution in [0.4, 0.5) is 0 Å². The van der Waals surface area contributed by atoms with Gasteiger partial charge in [0.25, 0.3) is 5.91 Å².